The summed E-state index contributed by atoms with van der Waals surface area (Å²) in [4.78, 5) is 16.8. The van der Waals surface area contributed by atoms with E-state index in [9.17, 15) is 18.0 Å². The first kappa shape index (κ1) is 21.5. The molecular formula is C20H29F3N4O2. The first-order chi connectivity index (χ1) is 13.5. The third kappa shape index (κ3) is 5.07. The van der Waals surface area contributed by atoms with Gasteiger partial charge in [-0.1, -0.05) is 0 Å². The number of likely N-dealkylation sites (tertiary alicyclic amines) is 1. The highest BCUT2D eigenvalue weighted by atomic mass is 19.3. The lowest BCUT2D eigenvalue weighted by Gasteiger charge is -2.46. The van der Waals surface area contributed by atoms with Gasteiger partial charge in [0.2, 0.25) is 0 Å². The number of carbonyl (C=O) groups excluding carboxylic acids is 1. The molecule has 3 rings (SSSR count). The van der Waals surface area contributed by atoms with Gasteiger partial charge >= 0.3 is 6.09 Å². The van der Waals surface area contributed by atoms with Crippen LogP contribution in [0.4, 0.5) is 29.3 Å². The van der Waals surface area contributed by atoms with Crippen LogP contribution in [-0.2, 0) is 4.74 Å². The number of hydrogen-bond acceptors (Lipinski definition) is 5. The fraction of sp³-hybridized carbons (Fsp3) is 0.650. The summed E-state index contributed by atoms with van der Waals surface area (Å²) in [6.45, 7) is 6.39. The van der Waals surface area contributed by atoms with Crippen molar-refractivity contribution >= 4 is 17.5 Å². The van der Waals surface area contributed by atoms with Gasteiger partial charge in [-0.25, -0.2) is 18.0 Å². The number of carbonyl (C=O) groups is 1. The van der Waals surface area contributed by atoms with E-state index in [1.807, 2.05) is 4.90 Å². The highest BCUT2D eigenvalue weighted by Crippen LogP contribution is 2.33. The number of halogens is 3. The first-order valence-corrected chi connectivity index (χ1v) is 9.86. The molecule has 2 fully saturated rings. The third-order valence-corrected chi connectivity index (χ3v) is 5.28. The zero-order chi connectivity index (χ0) is 21.4. The summed E-state index contributed by atoms with van der Waals surface area (Å²) >= 11 is 0. The molecule has 1 atom stereocenters. The predicted octanol–water partition coefficient (Wildman–Crippen LogP) is 3.17. The van der Waals surface area contributed by atoms with E-state index in [2.05, 4.69) is 0 Å². The predicted molar refractivity (Wildman–Crippen MR) is 106 cm³/mol. The molecule has 1 aromatic carbocycles. The van der Waals surface area contributed by atoms with Crippen LogP contribution >= 0.6 is 0 Å². The molecule has 1 amide bonds. The van der Waals surface area contributed by atoms with Gasteiger partial charge in [0.1, 0.15) is 11.4 Å². The maximum Gasteiger partial charge on any atom is 0.410 e. The average molecular weight is 414 g/mol. The number of alkyl halides is 2. The van der Waals surface area contributed by atoms with Gasteiger partial charge in [-0.15, -0.1) is 0 Å². The number of rotatable bonds is 2. The van der Waals surface area contributed by atoms with Gasteiger partial charge in [-0.05, 0) is 45.4 Å². The van der Waals surface area contributed by atoms with E-state index in [0.29, 0.717) is 37.6 Å². The molecule has 2 N–H and O–H groups in total. The smallest absolute Gasteiger partial charge is 0.410 e. The fourth-order valence-electron chi connectivity index (χ4n) is 3.91. The Morgan fingerprint density at radius 1 is 1.17 bits per heavy atom. The summed E-state index contributed by atoms with van der Waals surface area (Å²) in [5.41, 5.74) is 5.64. The number of nitrogens with two attached hydrogens (primary N) is 1. The van der Waals surface area contributed by atoms with Crippen LogP contribution in [0.15, 0.2) is 18.2 Å². The summed E-state index contributed by atoms with van der Waals surface area (Å²) in [6, 6.07) is 3.57. The highest BCUT2D eigenvalue weighted by molar-refractivity contribution is 5.68. The van der Waals surface area contributed by atoms with Crippen LogP contribution in [0.1, 0.15) is 27.2 Å². The molecule has 6 nitrogen and oxygen atoms in total. The molecule has 0 radical (unpaired) electrons. The molecule has 29 heavy (non-hydrogen) atoms. The van der Waals surface area contributed by atoms with Gasteiger partial charge in [0.05, 0.1) is 18.3 Å². The molecular weight excluding hydrogens is 385 g/mol. The molecule has 0 aliphatic carbocycles. The Morgan fingerprint density at radius 2 is 1.83 bits per heavy atom. The third-order valence-electron chi connectivity index (χ3n) is 5.28. The Hall–Kier alpha value is -2.16. The molecule has 2 aliphatic rings. The minimum atomic E-state index is -3.04. The molecule has 0 aromatic heterocycles. The van der Waals surface area contributed by atoms with Crippen molar-refractivity contribution in [1.82, 2.24) is 9.80 Å². The largest absolute Gasteiger partial charge is 0.444 e. The monoisotopic (exact) mass is 414 g/mol. The van der Waals surface area contributed by atoms with Gasteiger partial charge in [-0.3, -0.25) is 4.90 Å². The molecule has 0 spiro atoms. The molecule has 2 saturated heterocycles. The first-order valence-electron chi connectivity index (χ1n) is 9.86. The Kier molecular flexibility index (Phi) is 5.89. The number of ether oxygens (including phenoxy) is 1. The number of benzene rings is 1. The normalized spacial score (nSPS) is 23.2. The summed E-state index contributed by atoms with van der Waals surface area (Å²) in [7, 11) is 0. The highest BCUT2D eigenvalue weighted by Gasteiger charge is 2.49. The van der Waals surface area contributed by atoms with Gasteiger partial charge in [-0.2, -0.15) is 0 Å². The number of hydrogen-bond donors (Lipinski definition) is 1. The van der Waals surface area contributed by atoms with Gasteiger partial charge in [0.15, 0.2) is 0 Å². The van der Waals surface area contributed by atoms with Gasteiger partial charge in [0, 0.05) is 38.4 Å². The Labute approximate surface area is 169 Å². The summed E-state index contributed by atoms with van der Waals surface area (Å²) in [6.07, 6.45) is -0.540. The van der Waals surface area contributed by atoms with Crippen molar-refractivity contribution in [2.75, 3.05) is 49.9 Å². The number of nitrogen functional groups attached to an aromatic ring is 1. The number of amides is 1. The maximum absolute atomic E-state index is 14.8. The van der Waals surface area contributed by atoms with E-state index in [-0.39, 0.29) is 13.0 Å². The van der Waals surface area contributed by atoms with E-state index in [1.54, 1.807) is 37.8 Å². The second-order valence-electron chi connectivity index (χ2n) is 8.70. The zero-order valence-corrected chi connectivity index (χ0v) is 17.1. The lowest BCUT2D eigenvalue weighted by molar-refractivity contribution is -0.126. The second kappa shape index (κ2) is 7.93. The zero-order valence-electron chi connectivity index (χ0n) is 17.1. The van der Waals surface area contributed by atoms with Crippen molar-refractivity contribution in [3.05, 3.63) is 24.0 Å². The number of anilines is 2. The molecule has 9 heteroatoms. The second-order valence-corrected chi connectivity index (χ2v) is 8.70. The molecule has 2 aliphatic heterocycles. The number of piperidine rings is 1. The van der Waals surface area contributed by atoms with Gasteiger partial charge in [0.25, 0.3) is 5.92 Å². The quantitative estimate of drug-likeness (QED) is 0.754. The Morgan fingerprint density at radius 3 is 2.38 bits per heavy atom. The standard InChI is InChI=1S/C20H29F3N4O2/c1-19(2,3)29-18(28)27-7-6-17(20(22,23)13-27)26-10-8-25(9-11-26)16-5-4-14(24)12-15(16)21/h4-5,12,17H,6-11,13,24H2,1-3H3/t17-/m0/s1. The van der Waals surface area contributed by atoms with Crippen molar-refractivity contribution in [2.45, 2.75) is 44.8 Å². The minimum absolute atomic E-state index is 0.169. The van der Waals surface area contributed by atoms with Crippen LogP contribution in [0.25, 0.3) is 0 Å². The molecule has 162 valence electrons. The van der Waals surface area contributed by atoms with E-state index >= 15 is 0 Å². The van der Waals surface area contributed by atoms with E-state index in [4.69, 9.17) is 10.5 Å². The van der Waals surface area contributed by atoms with Crippen LogP contribution in [0.5, 0.6) is 0 Å². The van der Waals surface area contributed by atoms with Crippen LogP contribution < -0.4 is 10.6 Å². The molecule has 0 unspecified atom stereocenters. The number of piperazine rings is 1. The van der Waals surface area contributed by atoms with Crippen molar-refractivity contribution < 1.29 is 22.7 Å². The lowest BCUT2D eigenvalue weighted by Crippen LogP contribution is -2.62. The van der Waals surface area contributed by atoms with Crippen molar-refractivity contribution in [3.63, 3.8) is 0 Å². The van der Waals surface area contributed by atoms with Gasteiger partial charge < -0.3 is 20.3 Å². The van der Waals surface area contributed by atoms with E-state index in [1.165, 1.54) is 6.07 Å². The van der Waals surface area contributed by atoms with Crippen molar-refractivity contribution in [3.8, 4) is 0 Å². The van der Waals surface area contributed by atoms with E-state index in [0.717, 1.165) is 4.90 Å². The molecule has 1 aromatic rings. The maximum atomic E-state index is 14.8. The fourth-order valence-corrected chi connectivity index (χ4v) is 3.91. The minimum Gasteiger partial charge on any atom is -0.444 e. The molecule has 0 saturated carbocycles. The van der Waals surface area contributed by atoms with Crippen molar-refractivity contribution in [2.24, 2.45) is 0 Å². The van der Waals surface area contributed by atoms with Crippen LogP contribution in [0, 0.1) is 5.82 Å². The lowest BCUT2D eigenvalue weighted by atomic mass is 9.98. The van der Waals surface area contributed by atoms with Crippen LogP contribution in [0.2, 0.25) is 0 Å². The van der Waals surface area contributed by atoms with Crippen molar-refractivity contribution in [1.29, 1.82) is 0 Å². The summed E-state index contributed by atoms with van der Waals surface area (Å²) in [5.74, 6) is -3.45. The Bertz CT molecular complexity index is 746. The average Bonchev–Trinajstić information content (AvgIpc) is 2.60. The van der Waals surface area contributed by atoms with Crippen LogP contribution in [0.3, 0.4) is 0 Å². The summed E-state index contributed by atoms with van der Waals surface area (Å²) < 4.78 is 49.1. The topological polar surface area (TPSA) is 62.0 Å². The summed E-state index contributed by atoms with van der Waals surface area (Å²) in [5, 5.41) is 0. The SMILES string of the molecule is CC(C)(C)OC(=O)N1CC[C@H](N2CCN(c3ccc(N)cc3F)CC2)C(F)(F)C1. The Balaban J connectivity index is 1.59. The molecule has 2 heterocycles. The number of nitrogens with zero attached hydrogens (tertiary/aromatic N) is 3. The van der Waals surface area contributed by atoms with E-state index < -0.39 is 36.0 Å². The van der Waals surface area contributed by atoms with Crippen LogP contribution in [-0.4, -0.2) is 72.7 Å². The molecule has 0 bridgehead atoms.